The van der Waals surface area contributed by atoms with Crippen LogP contribution in [-0.2, 0) is 19.1 Å². The Morgan fingerprint density at radius 2 is 1.63 bits per heavy atom. The molecule has 2 aliphatic rings. The van der Waals surface area contributed by atoms with Crippen molar-refractivity contribution in [1.29, 1.82) is 0 Å². The maximum absolute atomic E-state index is 11.9. The molecular formula is C19H30N4O4. The number of nitrogens with one attached hydrogen (secondary N) is 2. The van der Waals surface area contributed by atoms with Crippen LogP contribution in [0.15, 0.2) is 24.3 Å². The predicted octanol–water partition coefficient (Wildman–Crippen LogP) is -0.468. The molecule has 0 aromatic rings. The first-order chi connectivity index (χ1) is 13.1. The molecule has 8 heteroatoms. The number of allylic oxidation sites excluding steroid dienone is 2. The zero-order chi connectivity index (χ0) is 19.5. The van der Waals surface area contributed by atoms with Gasteiger partial charge in [0.15, 0.2) is 0 Å². The second kappa shape index (κ2) is 11.5. The van der Waals surface area contributed by atoms with Gasteiger partial charge in [0.25, 0.3) is 0 Å². The minimum Gasteiger partial charge on any atom is -0.465 e. The summed E-state index contributed by atoms with van der Waals surface area (Å²) in [7, 11) is 0. The zero-order valence-corrected chi connectivity index (χ0v) is 16.0. The first kappa shape index (κ1) is 21.1. The fourth-order valence-electron chi connectivity index (χ4n) is 3.11. The molecule has 2 rings (SSSR count). The van der Waals surface area contributed by atoms with Crippen LogP contribution in [0.1, 0.15) is 13.3 Å². The molecule has 0 saturated carbocycles. The van der Waals surface area contributed by atoms with E-state index in [-0.39, 0.29) is 30.7 Å². The molecule has 0 unspecified atom stereocenters. The molecular weight excluding hydrogens is 348 g/mol. The Bertz CT molecular complexity index is 564. The summed E-state index contributed by atoms with van der Waals surface area (Å²) >= 11 is 0. The highest BCUT2D eigenvalue weighted by Gasteiger charge is 2.18. The quantitative estimate of drug-likeness (QED) is 0.497. The number of carbonyl (C=O) groups excluding carboxylic acids is 3. The third kappa shape index (κ3) is 8.36. The van der Waals surface area contributed by atoms with Crippen LogP contribution in [0.5, 0.6) is 0 Å². The van der Waals surface area contributed by atoms with E-state index >= 15 is 0 Å². The van der Waals surface area contributed by atoms with Crippen molar-refractivity contribution in [2.24, 2.45) is 5.92 Å². The minimum atomic E-state index is -0.305. The Balaban J connectivity index is 1.98. The summed E-state index contributed by atoms with van der Waals surface area (Å²) in [6, 6.07) is 0. The Morgan fingerprint density at radius 3 is 2.26 bits per heavy atom. The van der Waals surface area contributed by atoms with Crippen LogP contribution < -0.4 is 10.6 Å². The number of ether oxygens (including phenoxy) is 1. The number of hydrogen-bond acceptors (Lipinski definition) is 6. The molecule has 0 aromatic heterocycles. The van der Waals surface area contributed by atoms with Crippen molar-refractivity contribution in [3.8, 4) is 0 Å². The lowest BCUT2D eigenvalue weighted by Gasteiger charge is -2.28. The van der Waals surface area contributed by atoms with Crippen LogP contribution in [0, 0.1) is 5.92 Å². The van der Waals surface area contributed by atoms with E-state index in [1.165, 1.54) is 0 Å². The van der Waals surface area contributed by atoms with Crippen LogP contribution in [-0.4, -0.2) is 86.5 Å². The van der Waals surface area contributed by atoms with Crippen molar-refractivity contribution in [3.63, 3.8) is 0 Å². The van der Waals surface area contributed by atoms with Gasteiger partial charge in [-0.3, -0.25) is 24.2 Å². The highest BCUT2D eigenvalue weighted by Crippen LogP contribution is 2.10. The maximum Gasteiger partial charge on any atom is 0.320 e. The van der Waals surface area contributed by atoms with Gasteiger partial charge >= 0.3 is 5.97 Å². The topological polar surface area (TPSA) is 91.0 Å². The zero-order valence-electron chi connectivity index (χ0n) is 16.0. The fraction of sp³-hybridized carbons (Fsp3) is 0.632. The highest BCUT2D eigenvalue weighted by atomic mass is 16.5. The molecule has 8 nitrogen and oxygen atoms in total. The maximum atomic E-state index is 11.9. The minimum absolute atomic E-state index is 0.175. The first-order valence-electron chi connectivity index (χ1n) is 9.55. The average Bonchev–Trinajstić information content (AvgIpc) is 3.11. The molecule has 2 N–H and O–H groups in total. The van der Waals surface area contributed by atoms with Gasteiger partial charge in [0.1, 0.15) is 6.42 Å². The van der Waals surface area contributed by atoms with Gasteiger partial charge in [0, 0.05) is 51.7 Å². The van der Waals surface area contributed by atoms with Crippen molar-refractivity contribution < 1.29 is 19.1 Å². The molecule has 0 bridgehead atoms. The van der Waals surface area contributed by atoms with Gasteiger partial charge in [-0.25, -0.2) is 0 Å². The number of rotatable bonds is 5. The van der Waals surface area contributed by atoms with Crippen LogP contribution in [0.4, 0.5) is 0 Å². The average molecular weight is 378 g/mol. The van der Waals surface area contributed by atoms with Gasteiger partial charge in [-0.15, -0.1) is 0 Å². The van der Waals surface area contributed by atoms with Crippen LogP contribution in [0.3, 0.4) is 0 Å². The first-order valence-corrected chi connectivity index (χ1v) is 9.55. The third-order valence-corrected chi connectivity index (χ3v) is 4.51. The van der Waals surface area contributed by atoms with E-state index in [4.69, 9.17) is 4.74 Å². The second-order valence-corrected chi connectivity index (χ2v) is 6.69. The summed E-state index contributed by atoms with van der Waals surface area (Å²) in [6.45, 7) is 6.73. The molecule has 1 fully saturated rings. The van der Waals surface area contributed by atoms with E-state index in [2.05, 4.69) is 27.7 Å². The standard InChI is InChI=1S/C19H30N4O4/c1-2-27-19(26)15-23-10-8-21-18(25)13-17(24)20-7-9-22(11-12-23)14-16-5-3-4-6-16/h3-6,16H,2,7-15H2,1H3,(H,20,24)(H,21,25). The van der Waals surface area contributed by atoms with E-state index in [1.807, 2.05) is 17.1 Å². The van der Waals surface area contributed by atoms with Gasteiger partial charge in [0.05, 0.1) is 13.2 Å². The molecule has 1 saturated heterocycles. The van der Waals surface area contributed by atoms with Gasteiger partial charge in [-0.2, -0.15) is 0 Å². The van der Waals surface area contributed by atoms with Gasteiger partial charge < -0.3 is 15.4 Å². The lowest BCUT2D eigenvalue weighted by molar-refractivity contribution is -0.144. The molecule has 1 heterocycles. The molecule has 150 valence electrons. The lowest BCUT2D eigenvalue weighted by atomic mass is 10.1. The summed E-state index contributed by atoms with van der Waals surface area (Å²) in [5.41, 5.74) is 0. The number of carbonyl (C=O) groups is 3. The lowest BCUT2D eigenvalue weighted by Crippen LogP contribution is -2.43. The molecule has 0 atom stereocenters. The number of nitrogens with zero attached hydrogens (tertiary/aromatic N) is 2. The van der Waals surface area contributed by atoms with Gasteiger partial charge in [-0.05, 0) is 6.92 Å². The van der Waals surface area contributed by atoms with Crippen LogP contribution in [0.2, 0.25) is 0 Å². The normalized spacial score (nSPS) is 21.1. The van der Waals surface area contributed by atoms with Crippen molar-refractivity contribution in [2.75, 3.05) is 59.0 Å². The molecule has 0 spiro atoms. The summed E-state index contributed by atoms with van der Waals surface area (Å²) in [6.07, 6.45) is 8.21. The molecule has 1 aliphatic carbocycles. The summed E-state index contributed by atoms with van der Waals surface area (Å²) in [5, 5.41) is 5.53. The number of amides is 2. The molecule has 27 heavy (non-hydrogen) atoms. The fourth-order valence-corrected chi connectivity index (χ4v) is 3.11. The third-order valence-electron chi connectivity index (χ3n) is 4.51. The molecule has 0 radical (unpaired) electrons. The molecule has 1 aliphatic heterocycles. The Labute approximate surface area is 160 Å². The van der Waals surface area contributed by atoms with Crippen LogP contribution >= 0.6 is 0 Å². The van der Waals surface area contributed by atoms with E-state index in [9.17, 15) is 14.4 Å². The Hall–Kier alpha value is -2.19. The van der Waals surface area contributed by atoms with Gasteiger partial charge in [-0.1, -0.05) is 24.3 Å². The van der Waals surface area contributed by atoms with E-state index in [0.29, 0.717) is 45.2 Å². The van der Waals surface area contributed by atoms with E-state index < -0.39 is 0 Å². The van der Waals surface area contributed by atoms with E-state index in [0.717, 1.165) is 13.1 Å². The summed E-state index contributed by atoms with van der Waals surface area (Å²) in [5.74, 6) is -0.479. The Kier molecular flexibility index (Phi) is 9.00. The SMILES string of the molecule is CCOC(=O)CN1CCNC(=O)CC(=O)NCCN(CC2C=CC=C2)CC1. The molecule has 0 aromatic carbocycles. The number of hydrogen-bond donors (Lipinski definition) is 2. The van der Waals surface area contributed by atoms with Crippen molar-refractivity contribution >= 4 is 17.8 Å². The van der Waals surface area contributed by atoms with Crippen molar-refractivity contribution in [1.82, 2.24) is 20.4 Å². The largest absolute Gasteiger partial charge is 0.465 e. The van der Waals surface area contributed by atoms with Gasteiger partial charge in [0.2, 0.25) is 11.8 Å². The smallest absolute Gasteiger partial charge is 0.320 e. The summed E-state index contributed by atoms with van der Waals surface area (Å²) < 4.78 is 5.05. The highest BCUT2D eigenvalue weighted by molar-refractivity contribution is 5.96. The number of esters is 1. The molecule has 2 amide bonds. The second-order valence-electron chi connectivity index (χ2n) is 6.69. The Morgan fingerprint density at radius 1 is 1.04 bits per heavy atom. The predicted molar refractivity (Wildman–Crippen MR) is 102 cm³/mol. The van der Waals surface area contributed by atoms with Crippen molar-refractivity contribution in [3.05, 3.63) is 24.3 Å². The monoisotopic (exact) mass is 378 g/mol. The summed E-state index contributed by atoms with van der Waals surface area (Å²) in [4.78, 5) is 39.8. The van der Waals surface area contributed by atoms with Crippen molar-refractivity contribution in [2.45, 2.75) is 13.3 Å². The van der Waals surface area contributed by atoms with Crippen LogP contribution in [0.25, 0.3) is 0 Å². The van der Waals surface area contributed by atoms with E-state index in [1.54, 1.807) is 6.92 Å².